The summed E-state index contributed by atoms with van der Waals surface area (Å²) in [5.41, 5.74) is 2.26. The van der Waals surface area contributed by atoms with Crippen molar-refractivity contribution in [2.24, 2.45) is 0 Å². The van der Waals surface area contributed by atoms with E-state index in [1.807, 2.05) is 30.3 Å². The highest BCUT2D eigenvalue weighted by molar-refractivity contribution is 14.1. The molecule has 3 rings (SSSR count). The number of hydrogen-bond donors (Lipinski definition) is 0. The average molecular weight is 364 g/mol. The molecule has 96 valence electrons. The molecule has 2 nitrogen and oxygen atoms in total. The van der Waals surface area contributed by atoms with E-state index in [-0.39, 0.29) is 6.10 Å². The highest BCUT2D eigenvalue weighted by Crippen LogP contribution is 2.36. The van der Waals surface area contributed by atoms with Crippen molar-refractivity contribution in [2.45, 2.75) is 6.10 Å². The van der Waals surface area contributed by atoms with Crippen LogP contribution in [0, 0.1) is 3.57 Å². The van der Waals surface area contributed by atoms with Gasteiger partial charge in [-0.25, -0.2) is 0 Å². The van der Waals surface area contributed by atoms with E-state index in [0.29, 0.717) is 0 Å². The van der Waals surface area contributed by atoms with E-state index in [2.05, 4.69) is 46.9 Å². The number of rotatable bonds is 2. The minimum atomic E-state index is -0.0330. The summed E-state index contributed by atoms with van der Waals surface area (Å²) in [6.45, 7) is 0. The number of para-hydroxylation sites is 1. The van der Waals surface area contributed by atoms with Gasteiger partial charge in [0.25, 0.3) is 0 Å². The second-order valence-corrected chi connectivity index (χ2v) is 5.49. The molecule has 0 N–H and O–H groups in total. The van der Waals surface area contributed by atoms with Crippen LogP contribution in [0.2, 0.25) is 0 Å². The Balaban J connectivity index is 1.91. The Hall–Kier alpha value is -1.49. The first kappa shape index (κ1) is 12.5. The van der Waals surface area contributed by atoms with Gasteiger partial charge in [-0.2, -0.15) is 0 Å². The van der Waals surface area contributed by atoms with Gasteiger partial charge in [0.2, 0.25) is 0 Å². The van der Waals surface area contributed by atoms with Crippen molar-refractivity contribution in [1.82, 2.24) is 0 Å². The maximum atomic E-state index is 6.09. The SMILES string of the molecule is COc1ccc(C2C=Cc3cccc(I)c3O2)cc1. The van der Waals surface area contributed by atoms with Crippen LogP contribution in [0.1, 0.15) is 17.2 Å². The van der Waals surface area contributed by atoms with Gasteiger partial charge in [-0.15, -0.1) is 0 Å². The van der Waals surface area contributed by atoms with Gasteiger partial charge in [-0.1, -0.05) is 30.3 Å². The standard InChI is InChI=1S/C16H13IO2/c1-18-13-8-5-11(6-9-13)15-10-7-12-3-2-4-14(17)16(12)19-15/h2-10,15H,1H3. The molecule has 3 heteroatoms. The molecule has 1 unspecified atom stereocenters. The maximum Gasteiger partial charge on any atom is 0.142 e. The molecule has 0 fully saturated rings. The van der Waals surface area contributed by atoms with Gasteiger partial charge in [-0.3, -0.25) is 0 Å². The van der Waals surface area contributed by atoms with Crippen LogP contribution < -0.4 is 9.47 Å². The highest BCUT2D eigenvalue weighted by atomic mass is 127. The molecule has 0 saturated heterocycles. The van der Waals surface area contributed by atoms with Crippen molar-refractivity contribution in [2.75, 3.05) is 7.11 Å². The van der Waals surface area contributed by atoms with Crippen molar-refractivity contribution in [3.63, 3.8) is 0 Å². The van der Waals surface area contributed by atoms with Crippen molar-refractivity contribution < 1.29 is 9.47 Å². The zero-order valence-electron chi connectivity index (χ0n) is 10.5. The monoisotopic (exact) mass is 364 g/mol. The summed E-state index contributed by atoms with van der Waals surface area (Å²) in [5, 5.41) is 0. The van der Waals surface area contributed by atoms with Crippen LogP contribution >= 0.6 is 22.6 Å². The molecular weight excluding hydrogens is 351 g/mol. The molecule has 1 heterocycles. The van der Waals surface area contributed by atoms with Crippen LogP contribution in [0.15, 0.2) is 48.5 Å². The predicted octanol–water partition coefficient (Wildman–Crippen LogP) is 4.45. The van der Waals surface area contributed by atoms with Gasteiger partial charge < -0.3 is 9.47 Å². The Morgan fingerprint density at radius 1 is 1.11 bits per heavy atom. The largest absolute Gasteiger partial charge is 0.497 e. The molecule has 0 spiro atoms. The Kier molecular flexibility index (Phi) is 3.46. The molecule has 0 radical (unpaired) electrons. The molecule has 2 aromatic carbocycles. The lowest BCUT2D eigenvalue weighted by atomic mass is 10.0. The number of ether oxygens (including phenoxy) is 2. The molecule has 0 bridgehead atoms. The van der Waals surface area contributed by atoms with Gasteiger partial charge >= 0.3 is 0 Å². The summed E-state index contributed by atoms with van der Waals surface area (Å²) < 4.78 is 12.4. The van der Waals surface area contributed by atoms with Crippen LogP contribution in [0.25, 0.3) is 6.08 Å². The summed E-state index contributed by atoms with van der Waals surface area (Å²) in [5.74, 6) is 1.82. The fourth-order valence-electron chi connectivity index (χ4n) is 2.11. The van der Waals surface area contributed by atoms with Gasteiger partial charge in [0.15, 0.2) is 0 Å². The van der Waals surface area contributed by atoms with Gasteiger partial charge in [-0.05, 0) is 52.4 Å². The van der Waals surface area contributed by atoms with Crippen LogP contribution in [-0.2, 0) is 0 Å². The van der Waals surface area contributed by atoms with Gasteiger partial charge in [0, 0.05) is 5.56 Å². The Morgan fingerprint density at radius 2 is 1.89 bits per heavy atom. The second-order valence-electron chi connectivity index (χ2n) is 4.33. The fraction of sp³-hybridized carbons (Fsp3) is 0.125. The predicted molar refractivity (Wildman–Crippen MR) is 84.6 cm³/mol. The quantitative estimate of drug-likeness (QED) is 0.734. The van der Waals surface area contributed by atoms with Gasteiger partial charge in [0.1, 0.15) is 17.6 Å². The third-order valence-electron chi connectivity index (χ3n) is 3.14. The number of hydrogen-bond acceptors (Lipinski definition) is 2. The Bertz CT molecular complexity index is 617. The lowest BCUT2D eigenvalue weighted by molar-refractivity contribution is 0.249. The van der Waals surface area contributed by atoms with Crippen molar-refractivity contribution in [1.29, 1.82) is 0 Å². The summed E-state index contributed by atoms with van der Waals surface area (Å²) in [7, 11) is 1.67. The number of methoxy groups -OCH3 is 1. The minimum absolute atomic E-state index is 0.0330. The number of halogens is 1. The molecule has 0 saturated carbocycles. The van der Waals surface area contributed by atoms with E-state index in [9.17, 15) is 0 Å². The third-order valence-corrected chi connectivity index (χ3v) is 3.99. The van der Waals surface area contributed by atoms with Crippen molar-refractivity contribution in [3.05, 3.63) is 63.2 Å². The van der Waals surface area contributed by atoms with Crippen LogP contribution in [0.3, 0.4) is 0 Å². The molecule has 2 aromatic rings. The zero-order valence-corrected chi connectivity index (χ0v) is 12.6. The Labute approximate surface area is 126 Å². The van der Waals surface area contributed by atoms with E-state index in [1.54, 1.807) is 7.11 Å². The first-order chi connectivity index (χ1) is 9.28. The maximum absolute atomic E-state index is 6.09. The summed E-state index contributed by atoms with van der Waals surface area (Å²) in [4.78, 5) is 0. The number of fused-ring (bicyclic) bond motifs is 1. The summed E-state index contributed by atoms with van der Waals surface area (Å²) in [6.07, 6.45) is 4.17. The van der Waals surface area contributed by atoms with E-state index in [0.717, 1.165) is 26.2 Å². The fourth-order valence-corrected chi connectivity index (χ4v) is 2.76. The van der Waals surface area contributed by atoms with E-state index in [4.69, 9.17) is 9.47 Å². The molecule has 1 aliphatic rings. The van der Waals surface area contributed by atoms with E-state index in [1.165, 1.54) is 0 Å². The topological polar surface area (TPSA) is 18.5 Å². The van der Waals surface area contributed by atoms with Crippen molar-refractivity contribution >= 4 is 28.7 Å². The first-order valence-electron chi connectivity index (χ1n) is 6.05. The summed E-state index contributed by atoms with van der Waals surface area (Å²) >= 11 is 2.31. The van der Waals surface area contributed by atoms with E-state index >= 15 is 0 Å². The number of benzene rings is 2. The zero-order chi connectivity index (χ0) is 13.2. The molecule has 0 aromatic heterocycles. The van der Waals surface area contributed by atoms with Crippen molar-refractivity contribution in [3.8, 4) is 11.5 Å². The molecule has 1 aliphatic heterocycles. The van der Waals surface area contributed by atoms with Gasteiger partial charge in [0.05, 0.1) is 10.7 Å². The van der Waals surface area contributed by atoms with Crippen LogP contribution in [0.4, 0.5) is 0 Å². The molecule has 0 aliphatic carbocycles. The second kappa shape index (κ2) is 5.25. The molecular formula is C16H13IO2. The summed E-state index contributed by atoms with van der Waals surface area (Å²) in [6, 6.07) is 14.2. The first-order valence-corrected chi connectivity index (χ1v) is 7.13. The third kappa shape index (κ3) is 2.47. The lowest BCUT2D eigenvalue weighted by Gasteiger charge is -2.23. The highest BCUT2D eigenvalue weighted by Gasteiger charge is 2.18. The molecule has 19 heavy (non-hydrogen) atoms. The van der Waals surface area contributed by atoms with Crippen LogP contribution in [0.5, 0.6) is 11.5 Å². The Morgan fingerprint density at radius 3 is 2.63 bits per heavy atom. The minimum Gasteiger partial charge on any atom is -0.497 e. The van der Waals surface area contributed by atoms with Crippen LogP contribution in [-0.4, -0.2) is 7.11 Å². The molecule has 0 amide bonds. The normalized spacial score (nSPS) is 16.6. The lowest BCUT2D eigenvalue weighted by Crippen LogP contribution is -2.09. The smallest absolute Gasteiger partial charge is 0.142 e. The molecule has 1 atom stereocenters. The average Bonchev–Trinajstić information content (AvgIpc) is 2.47. The van der Waals surface area contributed by atoms with E-state index < -0.39 is 0 Å².